The van der Waals surface area contributed by atoms with Crippen molar-refractivity contribution in [3.63, 3.8) is 0 Å². The molecule has 0 saturated heterocycles. The molecule has 15 heavy (non-hydrogen) atoms. The van der Waals surface area contributed by atoms with E-state index in [0.717, 1.165) is 25.8 Å². The van der Waals surface area contributed by atoms with Gasteiger partial charge in [-0.25, -0.2) is 0 Å². The summed E-state index contributed by atoms with van der Waals surface area (Å²) in [6, 6.07) is 0. The van der Waals surface area contributed by atoms with Gasteiger partial charge in [-0.05, 0) is 19.4 Å². The summed E-state index contributed by atoms with van der Waals surface area (Å²) in [7, 11) is 0. The summed E-state index contributed by atoms with van der Waals surface area (Å²) in [5.74, 6) is -0.0901. The topological polar surface area (TPSA) is 52.3 Å². The minimum absolute atomic E-state index is 0.00504. The lowest BCUT2D eigenvalue weighted by atomic mass is 10.1. The number of carbonyl (C=O) groups excluding carboxylic acids is 1. The number of hydrogen-bond acceptors (Lipinski definition) is 3. The standard InChI is InChI=1S/C12H25NO2/c1-11(2)12(14)15-10-8-6-4-3-5-7-9-13/h11H,3-10,13H2,1-2H3. The highest BCUT2D eigenvalue weighted by Crippen LogP contribution is 2.05. The molecule has 0 aromatic carbocycles. The molecule has 0 saturated carbocycles. The number of carbonyl (C=O) groups is 1. The summed E-state index contributed by atoms with van der Waals surface area (Å²) < 4.78 is 5.07. The summed E-state index contributed by atoms with van der Waals surface area (Å²) in [4.78, 5) is 11.1. The van der Waals surface area contributed by atoms with Crippen molar-refractivity contribution >= 4 is 5.97 Å². The average Bonchev–Trinajstić information content (AvgIpc) is 2.21. The monoisotopic (exact) mass is 215 g/mol. The first-order valence-electron chi connectivity index (χ1n) is 6.05. The van der Waals surface area contributed by atoms with Crippen molar-refractivity contribution in [1.29, 1.82) is 0 Å². The van der Waals surface area contributed by atoms with Gasteiger partial charge in [-0.1, -0.05) is 39.5 Å². The van der Waals surface area contributed by atoms with E-state index in [-0.39, 0.29) is 11.9 Å². The van der Waals surface area contributed by atoms with Crippen molar-refractivity contribution in [1.82, 2.24) is 0 Å². The fourth-order valence-corrected chi connectivity index (χ4v) is 1.29. The fourth-order valence-electron chi connectivity index (χ4n) is 1.29. The zero-order valence-electron chi connectivity index (χ0n) is 10.1. The largest absolute Gasteiger partial charge is 0.465 e. The van der Waals surface area contributed by atoms with E-state index < -0.39 is 0 Å². The van der Waals surface area contributed by atoms with Gasteiger partial charge in [0.2, 0.25) is 0 Å². The highest BCUT2D eigenvalue weighted by molar-refractivity contribution is 5.71. The number of esters is 1. The average molecular weight is 215 g/mol. The van der Waals surface area contributed by atoms with Crippen molar-refractivity contribution in [2.24, 2.45) is 11.7 Å². The number of unbranched alkanes of at least 4 members (excludes halogenated alkanes) is 5. The normalized spacial score (nSPS) is 10.7. The predicted molar refractivity (Wildman–Crippen MR) is 62.6 cm³/mol. The molecule has 0 unspecified atom stereocenters. The summed E-state index contributed by atoms with van der Waals surface area (Å²) in [6.07, 6.45) is 6.95. The zero-order valence-corrected chi connectivity index (χ0v) is 10.1. The Morgan fingerprint density at radius 3 is 2.13 bits per heavy atom. The lowest BCUT2D eigenvalue weighted by Gasteiger charge is -2.06. The third-order valence-electron chi connectivity index (χ3n) is 2.31. The Labute approximate surface area is 93.4 Å². The lowest BCUT2D eigenvalue weighted by Crippen LogP contribution is -2.12. The Balaban J connectivity index is 3.08. The van der Waals surface area contributed by atoms with Gasteiger partial charge in [0.05, 0.1) is 12.5 Å². The van der Waals surface area contributed by atoms with Crippen LogP contribution in [0, 0.1) is 5.92 Å². The van der Waals surface area contributed by atoms with Crippen LogP contribution >= 0.6 is 0 Å². The molecule has 0 amide bonds. The van der Waals surface area contributed by atoms with Gasteiger partial charge in [-0.15, -0.1) is 0 Å². The molecule has 2 N–H and O–H groups in total. The molecule has 0 aliphatic rings. The van der Waals surface area contributed by atoms with Crippen LogP contribution in [-0.2, 0) is 9.53 Å². The Kier molecular flexibility index (Phi) is 9.59. The van der Waals surface area contributed by atoms with Crippen LogP contribution in [0.1, 0.15) is 52.4 Å². The molecule has 0 heterocycles. The van der Waals surface area contributed by atoms with Crippen LogP contribution in [0.2, 0.25) is 0 Å². The van der Waals surface area contributed by atoms with Crippen LogP contribution in [0.5, 0.6) is 0 Å². The molecule has 0 aromatic heterocycles. The van der Waals surface area contributed by atoms with Crippen LogP contribution in [0.3, 0.4) is 0 Å². The van der Waals surface area contributed by atoms with Gasteiger partial charge in [0.1, 0.15) is 0 Å². The van der Waals surface area contributed by atoms with E-state index in [2.05, 4.69) is 0 Å². The molecule has 0 spiro atoms. The van der Waals surface area contributed by atoms with E-state index in [1.807, 2.05) is 13.8 Å². The number of rotatable bonds is 9. The molecule has 0 aromatic rings. The van der Waals surface area contributed by atoms with Gasteiger partial charge in [0, 0.05) is 0 Å². The third-order valence-corrected chi connectivity index (χ3v) is 2.31. The highest BCUT2D eigenvalue weighted by atomic mass is 16.5. The molecule has 90 valence electrons. The van der Waals surface area contributed by atoms with Crippen LogP contribution in [-0.4, -0.2) is 19.1 Å². The molecule has 0 aliphatic heterocycles. The van der Waals surface area contributed by atoms with E-state index >= 15 is 0 Å². The maximum atomic E-state index is 11.1. The molecule has 3 nitrogen and oxygen atoms in total. The van der Waals surface area contributed by atoms with Gasteiger partial charge in [0.15, 0.2) is 0 Å². The first-order valence-corrected chi connectivity index (χ1v) is 6.05. The molecule has 0 radical (unpaired) electrons. The van der Waals surface area contributed by atoms with Crippen molar-refractivity contribution in [3.8, 4) is 0 Å². The Morgan fingerprint density at radius 2 is 1.60 bits per heavy atom. The third kappa shape index (κ3) is 9.73. The van der Waals surface area contributed by atoms with Crippen molar-refractivity contribution in [2.75, 3.05) is 13.2 Å². The number of hydrogen-bond donors (Lipinski definition) is 1. The molecule has 0 atom stereocenters. The molecule has 3 heteroatoms. The van der Waals surface area contributed by atoms with E-state index in [4.69, 9.17) is 10.5 Å². The lowest BCUT2D eigenvalue weighted by molar-refractivity contribution is -0.147. The summed E-state index contributed by atoms with van der Waals surface area (Å²) in [5, 5.41) is 0. The number of ether oxygens (including phenoxy) is 1. The Bertz CT molecular complexity index is 158. The second-order valence-corrected chi connectivity index (χ2v) is 4.23. The smallest absolute Gasteiger partial charge is 0.308 e. The summed E-state index contributed by atoms with van der Waals surface area (Å²) >= 11 is 0. The van der Waals surface area contributed by atoms with Gasteiger partial charge in [-0.2, -0.15) is 0 Å². The van der Waals surface area contributed by atoms with Crippen molar-refractivity contribution in [3.05, 3.63) is 0 Å². The quantitative estimate of drug-likeness (QED) is 0.475. The molecule has 0 fully saturated rings. The minimum Gasteiger partial charge on any atom is -0.465 e. The summed E-state index contributed by atoms with van der Waals surface area (Å²) in [5.41, 5.74) is 5.40. The Hall–Kier alpha value is -0.570. The second-order valence-electron chi connectivity index (χ2n) is 4.23. The van der Waals surface area contributed by atoms with Crippen LogP contribution in [0.15, 0.2) is 0 Å². The van der Waals surface area contributed by atoms with E-state index in [1.54, 1.807) is 0 Å². The first-order chi connectivity index (χ1) is 7.18. The van der Waals surface area contributed by atoms with Crippen LogP contribution in [0.4, 0.5) is 0 Å². The van der Waals surface area contributed by atoms with Gasteiger partial charge in [-0.3, -0.25) is 4.79 Å². The molecule has 0 rings (SSSR count). The van der Waals surface area contributed by atoms with E-state index in [9.17, 15) is 4.79 Å². The number of nitrogens with two attached hydrogens (primary N) is 1. The maximum Gasteiger partial charge on any atom is 0.308 e. The fraction of sp³-hybridized carbons (Fsp3) is 0.917. The van der Waals surface area contributed by atoms with Crippen molar-refractivity contribution < 1.29 is 9.53 Å². The van der Waals surface area contributed by atoms with Crippen LogP contribution in [0.25, 0.3) is 0 Å². The predicted octanol–water partition coefficient (Wildman–Crippen LogP) is 2.48. The second kappa shape index (κ2) is 9.97. The summed E-state index contributed by atoms with van der Waals surface area (Å²) in [6.45, 7) is 5.09. The van der Waals surface area contributed by atoms with Gasteiger partial charge >= 0.3 is 5.97 Å². The zero-order chi connectivity index (χ0) is 11.5. The maximum absolute atomic E-state index is 11.1. The SMILES string of the molecule is CC(C)C(=O)OCCCCCCCCN. The molecule has 0 aliphatic carbocycles. The van der Waals surface area contributed by atoms with E-state index in [1.165, 1.54) is 19.3 Å². The van der Waals surface area contributed by atoms with Crippen molar-refractivity contribution in [2.45, 2.75) is 52.4 Å². The minimum atomic E-state index is -0.0851. The van der Waals surface area contributed by atoms with Gasteiger partial charge < -0.3 is 10.5 Å². The molecule has 0 bridgehead atoms. The van der Waals surface area contributed by atoms with Gasteiger partial charge in [0.25, 0.3) is 0 Å². The molecular formula is C12H25NO2. The first kappa shape index (κ1) is 14.4. The highest BCUT2D eigenvalue weighted by Gasteiger charge is 2.06. The van der Waals surface area contributed by atoms with Crippen LogP contribution < -0.4 is 5.73 Å². The van der Waals surface area contributed by atoms with E-state index in [0.29, 0.717) is 6.61 Å². The molecular weight excluding hydrogens is 190 g/mol. The Morgan fingerprint density at radius 1 is 1.07 bits per heavy atom.